The van der Waals surface area contributed by atoms with Gasteiger partial charge >= 0.3 is 0 Å². The van der Waals surface area contributed by atoms with Crippen molar-refractivity contribution in [3.8, 4) is 0 Å². The van der Waals surface area contributed by atoms with Gasteiger partial charge in [-0.2, -0.15) is 0 Å². The number of hydrogen-bond acceptors (Lipinski definition) is 2. The predicted octanol–water partition coefficient (Wildman–Crippen LogP) is 2.06. The monoisotopic (exact) mass is 226 g/mol. The summed E-state index contributed by atoms with van der Waals surface area (Å²) in [6.07, 6.45) is 6.14. The van der Waals surface area contributed by atoms with E-state index in [0.717, 1.165) is 38.1 Å². The average molecular weight is 226 g/mol. The van der Waals surface area contributed by atoms with Crippen LogP contribution in [0.1, 0.15) is 52.4 Å². The number of carbonyl (C=O) groups excluding carboxylic acids is 1. The van der Waals surface area contributed by atoms with Gasteiger partial charge in [-0.15, -0.1) is 0 Å². The van der Waals surface area contributed by atoms with E-state index in [-0.39, 0.29) is 5.91 Å². The first-order chi connectivity index (χ1) is 7.65. The van der Waals surface area contributed by atoms with Gasteiger partial charge in [0.1, 0.15) is 0 Å². The van der Waals surface area contributed by atoms with E-state index in [1.54, 1.807) is 0 Å². The number of amides is 1. The van der Waals surface area contributed by atoms with Crippen molar-refractivity contribution < 1.29 is 4.79 Å². The summed E-state index contributed by atoms with van der Waals surface area (Å²) in [6.45, 7) is 5.26. The van der Waals surface area contributed by atoms with Crippen LogP contribution in [0.5, 0.6) is 0 Å². The minimum Gasteiger partial charge on any atom is -0.353 e. The SMILES string of the molecule is CC1CCC(NC(=O)CCCCCN)C1C. The Labute approximate surface area is 99.2 Å². The Morgan fingerprint density at radius 2 is 2.00 bits per heavy atom. The molecule has 0 aromatic rings. The Bertz CT molecular complexity index is 218. The third-order valence-electron chi connectivity index (χ3n) is 3.92. The highest BCUT2D eigenvalue weighted by Gasteiger charge is 2.30. The first-order valence-electron chi connectivity index (χ1n) is 6.64. The molecular weight excluding hydrogens is 200 g/mol. The highest BCUT2D eigenvalue weighted by molar-refractivity contribution is 5.76. The first-order valence-corrected chi connectivity index (χ1v) is 6.64. The molecule has 0 aromatic heterocycles. The van der Waals surface area contributed by atoms with Crippen molar-refractivity contribution in [1.82, 2.24) is 5.32 Å². The van der Waals surface area contributed by atoms with Gasteiger partial charge in [0.2, 0.25) is 5.91 Å². The van der Waals surface area contributed by atoms with E-state index in [4.69, 9.17) is 5.73 Å². The van der Waals surface area contributed by atoms with Gasteiger partial charge < -0.3 is 11.1 Å². The summed E-state index contributed by atoms with van der Waals surface area (Å²) in [5, 5.41) is 3.17. The van der Waals surface area contributed by atoms with Gasteiger partial charge in [0.05, 0.1) is 0 Å². The topological polar surface area (TPSA) is 55.1 Å². The average Bonchev–Trinajstić information content (AvgIpc) is 2.56. The lowest BCUT2D eigenvalue weighted by molar-refractivity contribution is -0.122. The van der Waals surface area contributed by atoms with E-state index < -0.39 is 0 Å². The summed E-state index contributed by atoms with van der Waals surface area (Å²) >= 11 is 0. The summed E-state index contributed by atoms with van der Waals surface area (Å²) in [7, 11) is 0. The van der Waals surface area contributed by atoms with Crippen LogP contribution in [-0.4, -0.2) is 18.5 Å². The maximum atomic E-state index is 11.7. The molecule has 0 radical (unpaired) electrons. The number of rotatable bonds is 6. The third-order valence-corrected chi connectivity index (χ3v) is 3.92. The van der Waals surface area contributed by atoms with Gasteiger partial charge in [-0.1, -0.05) is 20.3 Å². The van der Waals surface area contributed by atoms with E-state index in [2.05, 4.69) is 19.2 Å². The lowest BCUT2D eigenvalue weighted by atomic mass is 9.97. The minimum absolute atomic E-state index is 0.225. The van der Waals surface area contributed by atoms with E-state index in [0.29, 0.717) is 18.4 Å². The standard InChI is InChI=1S/C13H26N2O/c1-10-7-8-12(11(10)2)15-13(16)6-4-3-5-9-14/h10-12H,3-9,14H2,1-2H3,(H,15,16). The molecule has 1 aliphatic carbocycles. The van der Waals surface area contributed by atoms with Crippen molar-refractivity contribution in [2.75, 3.05) is 6.54 Å². The van der Waals surface area contributed by atoms with E-state index in [1.807, 2.05) is 0 Å². The molecule has 3 N–H and O–H groups in total. The molecule has 0 aliphatic heterocycles. The molecular formula is C13H26N2O. The minimum atomic E-state index is 0.225. The molecule has 0 bridgehead atoms. The molecule has 3 unspecified atom stereocenters. The Balaban J connectivity index is 2.14. The van der Waals surface area contributed by atoms with Crippen molar-refractivity contribution in [2.45, 2.75) is 58.4 Å². The number of hydrogen-bond donors (Lipinski definition) is 2. The number of carbonyl (C=O) groups is 1. The smallest absolute Gasteiger partial charge is 0.220 e. The van der Waals surface area contributed by atoms with Crippen LogP contribution in [0.4, 0.5) is 0 Å². The van der Waals surface area contributed by atoms with Crippen LogP contribution in [0.25, 0.3) is 0 Å². The Kier molecular flexibility index (Phi) is 5.81. The van der Waals surface area contributed by atoms with Crippen LogP contribution in [0.3, 0.4) is 0 Å². The normalized spacial score (nSPS) is 29.3. The number of nitrogens with one attached hydrogen (secondary N) is 1. The Morgan fingerprint density at radius 1 is 1.25 bits per heavy atom. The zero-order chi connectivity index (χ0) is 12.0. The number of unbranched alkanes of at least 4 members (excludes halogenated alkanes) is 2. The molecule has 3 atom stereocenters. The van der Waals surface area contributed by atoms with Crippen molar-refractivity contribution in [3.63, 3.8) is 0 Å². The van der Waals surface area contributed by atoms with Gasteiger partial charge in [-0.05, 0) is 44.1 Å². The summed E-state index contributed by atoms with van der Waals surface area (Å²) in [6, 6.07) is 0.414. The zero-order valence-electron chi connectivity index (χ0n) is 10.7. The van der Waals surface area contributed by atoms with Gasteiger partial charge in [-0.25, -0.2) is 0 Å². The van der Waals surface area contributed by atoms with E-state index in [1.165, 1.54) is 6.42 Å². The molecule has 16 heavy (non-hydrogen) atoms. The fourth-order valence-electron chi connectivity index (χ4n) is 2.45. The van der Waals surface area contributed by atoms with Crippen LogP contribution in [0, 0.1) is 11.8 Å². The zero-order valence-corrected chi connectivity index (χ0v) is 10.7. The van der Waals surface area contributed by atoms with Crippen LogP contribution < -0.4 is 11.1 Å². The molecule has 1 fully saturated rings. The second kappa shape index (κ2) is 6.89. The molecule has 1 rings (SSSR count). The molecule has 1 aliphatic rings. The second-order valence-corrected chi connectivity index (χ2v) is 5.19. The summed E-state index contributed by atoms with van der Waals surface area (Å²) < 4.78 is 0. The lowest BCUT2D eigenvalue weighted by Gasteiger charge is -2.19. The maximum Gasteiger partial charge on any atom is 0.220 e. The fraction of sp³-hybridized carbons (Fsp3) is 0.923. The molecule has 1 saturated carbocycles. The molecule has 94 valence electrons. The maximum absolute atomic E-state index is 11.7. The van der Waals surface area contributed by atoms with Crippen molar-refractivity contribution in [2.24, 2.45) is 17.6 Å². The Morgan fingerprint density at radius 3 is 2.56 bits per heavy atom. The quantitative estimate of drug-likeness (QED) is 0.681. The molecule has 0 heterocycles. The van der Waals surface area contributed by atoms with E-state index in [9.17, 15) is 4.79 Å². The van der Waals surface area contributed by atoms with Crippen LogP contribution in [0.15, 0.2) is 0 Å². The molecule has 0 aromatic carbocycles. The number of nitrogens with two attached hydrogens (primary N) is 1. The molecule has 0 spiro atoms. The van der Waals surface area contributed by atoms with E-state index >= 15 is 0 Å². The largest absolute Gasteiger partial charge is 0.353 e. The van der Waals surface area contributed by atoms with Crippen molar-refractivity contribution in [3.05, 3.63) is 0 Å². The molecule has 1 amide bonds. The molecule has 3 nitrogen and oxygen atoms in total. The van der Waals surface area contributed by atoms with Gasteiger partial charge in [0.15, 0.2) is 0 Å². The van der Waals surface area contributed by atoms with Crippen LogP contribution in [0.2, 0.25) is 0 Å². The van der Waals surface area contributed by atoms with Crippen LogP contribution in [-0.2, 0) is 4.79 Å². The van der Waals surface area contributed by atoms with Crippen molar-refractivity contribution >= 4 is 5.91 Å². The summed E-state index contributed by atoms with van der Waals surface area (Å²) in [4.78, 5) is 11.7. The van der Waals surface area contributed by atoms with Gasteiger partial charge in [0, 0.05) is 12.5 Å². The Hall–Kier alpha value is -0.570. The third kappa shape index (κ3) is 4.12. The first kappa shape index (κ1) is 13.5. The van der Waals surface area contributed by atoms with Gasteiger partial charge in [0.25, 0.3) is 0 Å². The summed E-state index contributed by atoms with van der Waals surface area (Å²) in [5.41, 5.74) is 5.41. The fourth-order valence-corrected chi connectivity index (χ4v) is 2.45. The summed E-state index contributed by atoms with van der Waals surface area (Å²) in [5.74, 6) is 1.61. The lowest BCUT2D eigenvalue weighted by Crippen LogP contribution is -2.37. The van der Waals surface area contributed by atoms with Crippen molar-refractivity contribution in [1.29, 1.82) is 0 Å². The second-order valence-electron chi connectivity index (χ2n) is 5.19. The van der Waals surface area contributed by atoms with Gasteiger partial charge in [-0.3, -0.25) is 4.79 Å². The molecule has 3 heteroatoms. The predicted molar refractivity (Wildman–Crippen MR) is 67.0 cm³/mol. The molecule has 0 saturated heterocycles. The highest BCUT2D eigenvalue weighted by atomic mass is 16.1. The highest BCUT2D eigenvalue weighted by Crippen LogP contribution is 2.31. The van der Waals surface area contributed by atoms with Crippen LogP contribution >= 0.6 is 0 Å².